The number of hydrogen-bond donors (Lipinski definition) is 0. The third-order valence-corrected chi connectivity index (χ3v) is 10.4. The Bertz CT molecular complexity index is 765. The van der Waals surface area contributed by atoms with Crippen LogP contribution in [0.25, 0.3) is 0 Å². The minimum Gasteiger partial charge on any atom is -0.462 e. The first-order chi connectivity index (χ1) is 18.7. The van der Waals surface area contributed by atoms with E-state index in [9.17, 15) is 22.4 Å². The van der Waals surface area contributed by atoms with Gasteiger partial charge in [0, 0.05) is 5.92 Å². The highest BCUT2D eigenvalue weighted by Gasteiger charge is 2.38. The fourth-order valence-electron chi connectivity index (χ4n) is 7.88. The number of ether oxygens (including phenoxy) is 2. The van der Waals surface area contributed by atoms with Crippen LogP contribution in [0.1, 0.15) is 122 Å². The van der Waals surface area contributed by atoms with Crippen LogP contribution in [0, 0.1) is 35.5 Å². The predicted octanol–water partition coefficient (Wildman–Crippen LogP) is 9.49. The van der Waals surface area contributed by atoms with Crippen molar-refractivity contribution in [2.24, 2.45) is 35.5 Å². The molecule has 2 unspecified atom stereocenters. The van der Waals surface area contributed by atoms with Crippen LogP contribution in [0.2, 0.25) is 0 Å². The summed E-state index contributed by atoms with van der Waals surface area (Å²) in [5.41, 5.74) is 0. The molecule has 0 N–H and O–H groups in total. The maximum Gasteiger partial charge on any atom is 0.412 e. The average molecular weight is 559 g/mol. The van der Waals surface area contributed by atoms with E-state index in [1.807, 2.05) is 0 Å². The number of alkyl halides is 3. The standard InChI is InChI=1S/C32H50F4O3/c1-2-3-4-5-22-6-8-23(9-7-22)27-16-19-30(38-21-27)25-10-12-26(13-11-25)31(37)39-28-17-14-24(15-18-28)29(33)20-32(34,35)36/h20,22-28,30H,2-19,21H2,1H3. The summed E-state index contributed by atoms with van der Waals surface area (Å²) in [5.74, 6) is 0.906. The molecule has 4 fully saturated rings. The topological polar surface area (TPSA) is 35.5 Å². The lowest BCUT2D eigenvalue weighted by molar-refractivity contribution is -0.158. The van der Waals surface area contributed by atoms with Crippen molar-refractivity contribution in [2.45, 2.75) is 141 Å². The Kier molecular flexibility index (Phi) is 11.6. The summed E-state index contributed by atoms with van der Waals surface area (Å²) in [6, 6.07) is 0. The van der Waals surface area contributed by atoms with Crippen LogP contribution >= 0.6 is 0 Å². The lowest BCUT2D eigenvalue weighted by atomic mass is 9.71. The van der Waals surface area contributed by atoms with Gasteiger partial charge in [0.05, 0.1) is 24.7 Å². The van der Waals surface area contributed by atoms with E-state index >= 15 is 0 Å². The third-order valence-electron chi connectivity index (χ3n) is 10.4. The van der Waals surface area contributed by atoms with Crippen molar-refractivity contribution in [3.8, 4) is 0 Å². The number of halogens is 4. The molecular weight excluding hydrogens is 508 g/mol. The molecule has 4 aliphatic rings. The van der Waals surface area contributed by atoms with Crippen LogP contribution in [-0.2, 0) is 14.3 Å². The van der Waals surface area contributed by atoms with Gasteiger partial charge in [-0.05, 0) is 101 Å². The summed E-state index contributed by atoms with van der Waals surface area (Å²) >= 11 is 0. The van der Waals surface area contributed by atoms with Crippen molar-refractivity contribution >= 4 is 5.97 Å². The summed E-state index contributed by atoms with van der Waals surface area (Å²) in [7, 11) is 0. The number of carbonyl (C=O) groups excluding carboxylic acids is 1. The minimum atomic E-state index is -4.64. The highest BCUT2D eigenvalue weighted by molar-refractivity contribution is 5.72. The van der Waals surface area contributed by atoms with Crippen molar-refractivity contribution in [3.63, 3.8) is 0 Å². The van der Waals surface area contributed by atoms with Gasteiger partial charge in [-0.15, -0.1) is 0 Å². The van der Waals surface area contributed by atoms with Gasteiger partial charge in [-0.25, -0.2) is 4.39 Å². The Labute approximate surface area is 232 Å². The normalized spacial score (nSPS) is 36.9. The molecular formula is C32H50F4O3. The molecule has 1 aliphatic heterocycles. The summed E-state index contributed by atoms with van der Waals surface area (Å²) in [4.78, 5) is 12.8. The molecule has 0 spiro atoms. The van der Waals surface area contributed by atoms with Gasteiger partial charge in [-0.1, -0.05) is 45.4 Å². The second-order valence-corrected chi connectivity index (χ2v) is 13.1. The van der Waals surface area contributed by atoms with Crippen LogP contribution in [0.5, 0.6) is 0 Å². The molecule has 1 saturated heterocycles. The van der Waals surface area contributed by atoms with Crippen molar-refractivity contribution < 1.29 is 31.8 Å². The Morgan fingerprint density at radius 3 is 2.00 bits per heavy atom. The van der Waals surface area contributed by atoms with Crippen LogP contribution in [0.3, 0.4) is 0 Å². The van der Waals surface area contributed by atoms with Crippen molar-refractivity contribution in [1.82, 2.24) is 0 Å². The Balaban J connectivity index is 1.10. The first-order valence-electron chi connectivity index (χ1n) is 16.0. The number of unbranched alkanes of at least 4 members (excludes halogenated alkanes) is 2. The van der Waals surface area contributed by atoms with E-state index in [0.717, 1.165) is 56.5 Å². The molecule has 2 atom stereocenters. The highest BCUT2D eigenvalue weighted by Crippen LogP contribution is 2.42. The van der Waals surface area contributed by atoms with Crippen LogP contribution < -0.4 is 0 Å². The molecule has 4 rings (SSSR count). The van der Waals surface area contributed by atoms with E-state index in [1.54, 1.807) is 0 Å². The van der Waals surface area contributed by atoms with Crippen molar-refractivity contribution in [2.75, 3.05) is 6.61 Å². The van der Waals surface area contributed by atoms with Gasteiger partial charge >= 0.3 is 12.1 Å². The second-order valence-electron chi connectivity index (χ2n) is 13.1. The minimum absolute atomic E-state index is 0.107. The molecule has 3 aliphatic carbocycles. The summed E-state index contributed by atoms with van der Waals surface area (Å²) in [5, 5.41) is 0. The SMILES string of the molecule is CCCCCC1CCC(C2CCC(C3CCC(C(=O)OC4CCC(C(F)=CC(F)(F)F)CC4)CC3)OC2)CC1. The number of rotatable bonds is 9. The Hall–Kier alpha value is -1.11. The van der Waals surface area contributed by atoms with E-state index in [2.05, 4.69) is 6.92 Å². The molecule has 0 amide bonds. The molecule has 0 aromatic rings. The monoisotopic (exact) mass is 558 g/mol. The zero-order valence-electron chi connectivity index (χ0n) is 23.9. The molecule has 1 heterocycles. The Morgan fingerprint density at radius 1 is 0.795 bits per heavy atom. The molecule has 0 aromatic carbocycles. The van der Waals surface area contributed by atoms with Gasteiger partial charge < -0.3 is 9.47 Å². The van der Waals surface area contributed by atoms with Gasteiger partial charge in [0.2, 0.25) is 0 Å². The summed E-state index contributed by atoms with van der Waals surface area (Å²) < 4.78 is 63.3. The number of allylic oxidation sites excluding steroid dienone is 2. The van der Waals surface area contributed by atoms with Gasteiger partial charge in [-0.2, -0.15) is 13.2 Å². The summed E-state index contributed by atoms with van der Waals surface area (Å²) in [6.07, 6.45) is 13.6. The molecule has 3 nitrogen and oxygen atoms in total. The van der Waals surface area contributed by atoms with E-state index in [1.165, 1.54) is 57.8 Å². The van der Waals surface area contributed by atoms with Crippen LogP contribution in [0.15, 0.2) is 11.9 Å². The van der Waals surface area contributed by atoms with E-state index in [-0.39, 0.29) is 36.9 Å². The molecule has 0 aromatic heterocycles. The van der Waals surface area contributed by atoms with Gasteiger partial charge in [-0.3, -0.25) is 4.79 Å². The third kappa shape index (κ3) is 9.46. The smallest absolute Gasteiger partial charge is 0.412 e. The van der Waals surface area contributed by atoms with Gasteiger partial charge in [0.1, 0.15) is 11.9 Å². The van der Waals surface area contributed by atoms with E-state index in [4.69, 9.17) is 9.47 Å². The molecule has 7 heteroatoms. The molecule has 224 valence electrons. The Morgan fingerprint density at radius 2 is 1.41 bits per heavy atom. The molecule has 0 bridgehead atoms. The zero-order valence-corrected chi connectivity index (χ0v) is 23.9. The fraction of sp³-hybridized carbons (Fsp3) is 0.906. The maximum atomic E-state index is 13.9. The number of hydrogen-bond acceptors (Lipinski definition) is 3. The second kappa shape index (κ2) is 14.7. The lowest BCUT2D eigenvalue weighted by Crippen LogP contribution is -2.38. The summed E-state index contributed by atoms with van der Waals surface area (Å²) in [6.45, 7) is 3.18. The van der Waals surface area contributed by atoms with Crippen LogP contribution in [-0.4, -0.2) is 31.0 Å². The van der Waals surface area contributed by atoms with Gasteiger partial charge in [0.15, 0.2) is 0 Å². The predicted molar refractivity (Wildman–Crippen MR) is 145 cm³/mol. The zero-order chi connectivity index (χ0) is 27.8. The molecule has 39 heavy (non-hydrogen) atoms. The average Bonchev–Trinajstić information content (AvgIpc) is 2.93. The maximum absolute atomic E-state index is 13.9. The number of esters is 1. The van der Waals surface area contributed by atoms with Gasteiger partial charge in [0.25, 0.3) is 0 Å². The quantitative estimate of drug-likeness (QED) is 0.161. The van der Waals surface area contributed by atoms with Crippen molar-refractivity contribution in [1.29, 1.82) is 0 Å². The fourth-order valence-corrected chi connectivity index (χ4v) is 7.88. The lowest BCUT2D eigenvalue weighted by Gasteiger charge is -2.41. The van der Waals surface area contributed by atoms with Crippen LogP contribution in [0.4, 0.5) is 17.6 Å². The molecule has 0 radical (unpaired) electrons. The highest BCUT2D eigenvalue weighted by atomic mass is 19.4. The number of carbonyl (C=O) groups is 1. The first kappa shape index (κ1) is 30.8. The first-order valence-corrected chi connectivity index (χ1v) is 16.0. The van der Waals surface area contributed by atoms with E-state index in [0.29, 0.717) is 24.9 Å². The molecule has 3 saturated carbocycles. The van der Waals surface area contributed by atoms with Crippen molar-refractivity contribution in [3.05, 3.63) is 11.9 Å². The largest absolute Gasteiger partial charge is 0.462 e. The van der Waals surface area contributed by atoms with E-state index < -0.39 is 17.9 Å².